The first-order valence-electron chi connectivity index (χ1n) is 9.11. The Morgan fingerprint density at radius 2 is 1.63 bits per heavy atom. The van der Waals surface area contributed by atoms with Crippen LogP contribution in [0.2, 0.25) is 0 Å². The van der Waals surface area contributed by atoms with Crippen LogP contribution in [-0.4, -0.2) is 29.6 Å². The fourth-order valence-corrected chi connectivity index (χ4v) is 4.32. The first-order chi connectivity index (χ1) is 14.5. The number of anilines is 1. The van der Waals surface area contributed by atoms with Crippen LogP contribution < -0.4 is 20.9 Å². The van der Waals surface area contributed by atoms with Crippen molar-refractivity contribution in [1.29, 1.82) is 0 Å². The van der Waals surface area contributed by atoms with Gasteiger partial charge in [-0.15, -0.1) is 11.3 Å². The molecule has 0 aliphatic heterocycles. The number of hydrogen-bond acceptors (Lipinski definition) is 7. The number of aromatic nitrogens is 2. The molecule has 0 saturated heterocycles. The van der Waals surface area contributed by atoms with Crippen LogP contribution in [0.25, 0.3) is 21.3 Å². The summed E-state index contributed by atoms with van der Waals surface area (Å²) in [7, 11) is 3.17. The Hall–Kier alpha value is -3.65. The van der Waals surface area contributed by atoms with Crippen LogP contribution >= 0.6 is 11.3 Å². The molecule has 0 aliphatic carbocycles. The number of thiophene rings is 1. The van der Waals surface area contributed by atoms with Crippen LogP contribution in [0.1, 0.15) is 10.4 Å². The zero-order valence-corrected chi connectivity index (χ0v) is 17.2. The molecular weight excluding hydrogens is 402 g/mol. The quantitative estimate of drug-likeness (QED) is 0.478. The lowest BCUT2D eigenvalue weighted by Crippen LogP contribution is -2.27. The van der Waals surface area contributed by atoms with E-state index < -0.39 is 5.69 Å². The SMILES string of the molecule is COc1ccc(C(=O)Cn2c(=O)nc(N)c3c(-c4ccc(OC)cc4)csc32)cc1. The fourth-order valence-electron chi connectivity index (χ4n) is 3.23. The Kier molecular flexibility index (Phi) is 5.24. The lowest BCUT2D eigenvalue weighted by Gasteiger charge is -2.09. The highest BCUT2D eigenvalue weighted by Gasteiger charge is 2.18. The van der Waals surface area contributed by atoms with Gasteiger partial charge in [-0.25, -0.2) is 4.79 Å². The Morgan fingerprint density at radius 3 is 2.23 bits per heavy atom. The van der Waals surface area contributed by atoms with Crippen molar-refractivity contribution >= 4 is 33.2 Å². The standard InChI is InChI=1S/C22H19N3O4S/c1-28-15-7-3-13(4-8-15)17-12-30-21-19(17)20(23)24-22(27)25(21)11-18(26)14-5-9-16(29-2)10-6-14/h3-10,12H,11H2,1-2H3,(H2,23,24,27). The zero-order valence-electron chi connectivity index (χ0n) is 16.4. The van der Waals surface area contributed by atoms with Crippen molar-refractivity contribution < 1.29 is 14.3 Å². The summed E-state index contributed by atoms with van der Waals surface area (Å²) in [5.41, 5.74) is 7.81. The molecule has 0 fully saturated rings. The predicted molar refractivity (Wildman–Crippen MR) is 118 cm³/mol. The maximum Gasteiger partial charge on any atom is 0.351 e. The molecule has 2 aromatic carbocycles. The molecule has 0 spiro atoms. The van der Waals surface area contributed by atoms with E-state index in [4.69, 9.17) is 15.2 Å². The monoisotopic (exact) mass is 421 g/mol. The Labute approximate surface area is 176 Å². The summed E-state index contributed by atoms with van der Waals surface area (Å²) in [5.74, 6) is 1.34. The smallest absolute Gasteiger partial charge is 0.351 e. The number of Topliss-reactive ketones (excluding diaryl/α,β-unsaturated/α-hetero) is 1. The van der Waals surface area contributed by atoms with Crippen LogP contribution in [0.15, 0.2) is 58.7 Å². The minimum absolute atomic E-state index is 0.127. The van der Waals surface area contributed by atoms with Crippen LogP contribution in [0.5, 0.6) is 11.5 Å². The normalized spacial score (nSPS) is 10.9. The van der Waals surface area contributed by atoms with Gasteiger partial charge in [-0.3, -0.25) is 9.36 Å². The number of carbonyl (C=O) groups excluding carboxylic acids is 1. The van der Waals surface area contributed by atoms with E-state index in [2.05, 4.69) is 4.98 Å². The lowest BCUT2D eigenvalue weighted by atomic mass is 10.1. The number of methoxy groups -OCH3 is 2. The zero-order chi connectivity index (χ0) is 21.3. The second-order valence-corrected chi connectivity index (χ2v) is 7.43. The fraction of sp³-hybridized carbons (Fsp3) is 0.136. The molecule has 0 saturated carbocycles. The van der Waals surface area contributed by atoms with Gasteiger partial charge < -0.3 is 15.2 Å². The second-order valence-electron chi connectivity index (χ2n) is 6.58. The maximum absolute atomic E-state index is 12.8. The molecule has 4 aromatic rings. The highest BCUT2D eigenvalue weighted by molar-refractivity contribution is 7.17. The maximum atomic E-state index is 12.8. The molecule has 0 atom stereocenters. The van der Waals surface area contributed by atoms with E-state index in [0.29, 0.717) is 21.5 Å². The third kappa shape index (κ3) is 3.53. The van der Waals surface area contributed by atoms with Gasteiger partial charge in [0.1, 0.15) is 22.1 Å². The number of nitrogen functional groups attached to an aromatic ring is 1. The minimum Gasteiger partial charge on any atom is -0.497 e. The van der Waals surface area contributed by atoms with Crippen molar-refractivity contribution in [2.75, 3.05) is 20.0 Å². The molecule has 8 heteroatoms. The van der Waals surface area contributed by atoms with Crippen LogP contribution in [0.3, 0.4) is 0 Å². The molecule has 0 unspecified atom stereocenters. The molecule has 2 N–H and O–H groups in total. The van der Waals surface area contributed by atoms with Crippen LogP contribution in [0.4, 0.5) is 5.82 Å². The summed E-state index contributed by atoms with van der Waals surface area (Å²) in [6, 6.07) is 14.3. The van der Waals surface area contributed by atoms with Gasteiger partial charge in [0.2, 0.25) is 0 Å². The number of benzene rings is 2. The van der Waals surface area contributed by atoms with E-state index >= 15 is 0 Å². The number of nitrogens with zero attached hydrogens (tertiary/aromatic N) is 2. The Morgan fingerprint density at radius 1 is 1.03 bits per heavy atom. The molecule has 7 nitrogen and oxygen atoms in total. The van der Waals surface area contributed by atoms with E-state index in [1.165, 1.54) is 15.9 Å². The van der Waals surface area contributed by atoms with Gasteiger partial charge >= 0.3 is 5.69 Å². The summed E-state index contributed by atoms with van der Waals surface area (Å²) in [6.45, 7) is -0.127. The van der Waals surface area contributed by atoms with Gasteiger partial charge in [-0.05, 0) is 42.0 Å². The number of rotatable bonds is 6. The third-order valence-electron chi connectivity index (χ3n) is 4.83. The van der Waals surface area contributed by atoms with E-state index in [1.807, 2.05) is 29.6 Å². The molecular formula is C22H19N3O4S. The van der Waals surface area contributed by atoms with Gasteiger partial charge in [0, 0.05) is 16.5 Å². The average molecular weight is 421 g/mol. The summed E-state index contributed by atoms with van der Waals surface area (Å²) < 4.78 is 11.7. The number of fused-ring (bicyclic) bond motifs is 1. The number of ether oxygens (including phenoxy) is 2. The number of nitrogens with two attached hydrogens (primary N) is 1. The first-order valence-corrected chi connectivity index (χ1v) is 9.99. The van der Waals surface area contributed by atoms with Crippen molar-refractivity contribution in [1.82, 2.24) is 9.55 Å². The van der Waals surface area contributed by atoms with Gasteiger partial charge in [-0.1, -0.05) is 12.1 Å². The van der Waals surface area contributed by atoms with Crippen LogP contribution in [0, 0.1) is 0 Å². The molecule has 152 valence electrons. The van der Waals surface area contributed by atoms with Crippen LogP contribution in [-0.2, 0) is 6.54 Å². The molecule has 4 rings (SSSR count). The minimum atomic E-state index is -0.551. The van der Waals surface area contributed by atoms with Crippen molar-refractivity contribution in [3.63, 3.8) is 0 Å². The average Bonchev–Trinajstić information content (AvgIpc) is 3.22. The third-order valence-corrected chi connectivity index (χ3v) is 5.84. The molecule has 30 heavy (non-hydrogen) atoms. The first kappa shape index (κ1) is 19.7. The summed E-state index contributed by atoms with van der Waals surface area (Å²) >= 11 is 1.36. The highest BCUT2D eigenvalue weighted by Crippen LogP contribution is 2.36. The Bertz CT molecular complexity index is 1270. The molecule has 2 heterocycles. The molecule has 0 bridgehead atoms. The largest absolute Gasteiger partial charge is 0.497 e. The van der Waals surface area contributed by atoms with Crippen molar-refractivity contribution in [3.05, 3.63) is 70.0 Å². The van der Waals surface area contributed by atoms with E-state index in [0.717, 1.165) is 16.9 Å². The highest BCUT2D eigenvalue weighted by atomic mass is 32.1. The van der Waals surface area contributed by atoms with Gasteiger partial charge in [0.25, 0.3) is 0 Å². The van der Waals surface area contributed by atoms with Crippen molar-refractivity contribution in [2.45, 2.75) is 6.54 Å². The molecule has 0 aliphatic rings. The van der Waals surface area contributed by atoms with E-state index in [-0.39, 0.29) is 18.1 Å². The topological polar surface area (TPSA) is 96.4 Å². The van der Waals surface area contributed by atoms with Gasteiger partial charge in [0.05, 0.1) is 26.2 Å². The van der Waals surface area contributed by atoms with Gasteiger partial charge in [0.15, 0.2) is 5.78 Å². The van der Waals surface area contributed by atoms with E-state index in [9.17, 15) is 9.59 Å². The summed E-state index contributed by atoms with van der Waals surface area (Å²) in [4.78, 5) is 29.9. The number of hydrogen-bond donors (Lipinski definition) is 1. The van der Waals surface area contributed by atoms with E-state index in [1.54, 1.807) is 38.5 Å². The Balaban J connectivity index is 1.75. The second kappa shape index (κ2) is 8.00. The molecule has 0 amide bonds. The predicted octanol–water partition coefficient (Wildman–Crippen LogP) is 3.61. The molecule has 2 aromatic heterocycles. The van der Waals surface area contributed by atoms with Gasteiger partial charge in [-0.2, -0.15) is 4.98 Å². The number of carbonyl (C=O) groups is 1. The molecule has 0 radical (unpaired) electrons. The summed E-state index contributed by atoms with van der Waals surface area (Å²) in [5, 5.41) is 2.57. The number of ketones is 1. The van der Waals surface area contributed by atoms with Crippen molar-refractivity contribution in [3.8, 4) is 22.6 Å². The lowest BCUT2D eigenvalue weighted by molar-refractivity contribution is 0.0972. The summed E-state index contributed by atoms with van der Waals surface area (Å²) in [6.07, 6.45) is 0. The van der Waals surface area contributed by atoms with Crippen molar-refractivity contribution in [2.24, 2.45) is 0 Å².